The van der Waals surface area contributed by atoms with Gasteiger partial charge in [-0.05, 0) is 32.3 Å². The Bertz CT molecular complexity index is 1130. The molecule has 3 aromatic rings. The maximum absolute atomic E-state index is 12.7. The van der Waals surface area contributed by atoms with Gasteiger partial charge in [-0.15, -0.1) is 11.3 Å². The first-order valence-electron chi connectivity index (χ1n) is 10.8. The summed E-state index contributed by atoms with van der Waals surface area (Å²) in [6.45, 7) is 4.74. The van der Waals surface area contributed by atoms with Gasteiger partial charge in [-0.2, -0.15) is 0 Å². The molecule has 2 aromatic heterocycles. The molecule has 0 atom stereocenters. The van der Waals surface area contributed by atoms with Gasteiger partial charge in [-0.25, -0.2) is 15.0 Å². The van der Waals surface area contributed by atoms with Crippen LogP contribution >= 0.6 is 11.3 Å². The quantitative estimate of drug-likeness (QED) is 0.553. The average molecular weight is 450 g/mol. The average Bonchev–Trinajstić information content (AvgIpc) is 3.18. The van der Waals surface area contributed by atoms with Gasteiger partial charge in [0.1, 0.15) is 11.6 Å². The number of hydrogen-bond acceptors (Lipinski definition) is 6. The van der Waals surface area contributed by atoms with E-state index >= 15 is 0 Å². The van der Waals surface area contributed by atoms with E-state index in [-0.39, 0.29) is 24.8 Å². The molecule has 0 unspecified atom stereocenters. The highest BCUT2D eigenvalue weighted by molar-refractivity contribution is 7.09. The molecule has 0 fully saturated rings. The Balaban J connectivity index is 1.51. The monoisotopic (exact) mass is 449 g/mol. The normalized spacial score (nSPS) is 13.2. The second-order valence-electron chi connectivity index (χ2n) is 8.09. The summed E-state index contributed by atoms with van der Waals surface area (Å²) < 4.78 is 0. The van der Waals surface area contributed by atoms with Gasteiger partial charge in [0.25, 0.3) is 0 Å². The molecule has 8 heteroatoms. The number of carbonyl (C=O) groups is 2. The molecular formula is C24H27N5O2S. The summed E-state index contributed by atoms with van der Waals surface area (Å²) in [6.07, 6.45) is 2.14. The second kappa shape index (κ2) is 9.56. The third kappa shape index (κ3) is 5.02. The van der Waals surface area contributed by atoms with E-state index < -0.39 is 0 Å². The topological polar surface area (TPSA) is 79.3 Å². The van der Waals surface area contributed by atoms with Gasteiger partial charge in [-0.3, -0.25) is 14.5 Å². The fourth-order valence-corrected chi connectivity index (χ4v) is 4.52. The van der Waals surface area contributed by atoms with Gasteiger partial charge in [-0.1, -0.05) is 30.3 Å². The summed E-state index contributed by atoms with van der Waals surface area (Å²) in [5.74, 6) is 1.29. The maximum atomic E-state index is 12.7. The molecule has 0 radical (unpaired) electrons. The van der Waals surface area contributed by atoms with Crippen molar-refractivity contribution in [2.75, 3.05) is 18.5 Å². The number of carbonyl (C=O) groups excluding carboxylic acids is 2. The standard InChI is InChI=1S/C24H27N5O2S/c1-16-20-9-10-22(30)29(12-11-18-7-5-4-6-8-18)24(20)27-21(25-16)14-28(3)23(31)13-19-15-32-17(2)26-19/h4-8,15H,9-14H2,1-3H3. The van der Waals surface area contributed by atoms with Crippen LogP contribution in [0.15, 0.2) is 35.7 Å². The van der Waals surface area contributed by atoms with Crippen molar-refractivity contribution in [1.82, 2.24) is 19.9 Å². The lowest BCUT2D eigenvalue weighted by Gasteiger charge is -2.30. The van der Waals surface area contributed by atoms with Gasteiger partial charge in [0.15, 0.2) is 0 Å². The molecule has 4 rings (SSSR count). The highest BCUT2D eigenvalue weighted by atomic mass is 32.1. The summed E-state index contributed by atoms with van der Waals surface area (Å²) >= 11 is 1.54. The van der Waals surface area contributed by atoms with Gasteiger partial charge in [0.05, 0.1) is 23.7 Å². The molecule has 2 amide bonds. The van der Waals surface area contributed by atoms with Crippen LogP contribution in [-0.2, 0) is 35.4 Å². The minimum Gasteiger partial charge on any atom is -0.338 e. The molecule has 1 aromatic carbocycles. The Morgan fingerprint density at radius 2 is 1.91 bits per heavy atom. The Hall–Kier alpha value is -3.13. The van der Waals surface area contributed by atoms with E-state index in [1.165, 1.54) is 16.9 Å². The number of anilines is 1. The lowest BCUT2D eigenvalue weighted by atomic mass is 10.0. The molecule has 1 aliphatic rings. The third-order valence-corrected chi connectivity index (χ3v) is 6.48. The van der Waals surface area contributed by atoms with Crippen LogP contribution in [-0.4, -0.2) is 45.3 Å². The van der Waals surface area contributed by atoms with E-state index in [1.807, 2.05) is 37.4 Å². The van der Waals surface area contributed by atoms with E-state index in [2.05, 4.69) is 22.1 Å². The first-order valence-corrected chi connectivity index (χ1v) is 11.6. The summed E-state index contributed by atoms with van der Waals surface area (Å²) in [7, 11) is 1.75. The zero-order valence-electron chi connectivity index (χ0n) is 18.7. The molecule has 0 aliphatic carbocycles. The summed E-state index contributed by atoms with van der Waals surface area (Å²) in [5, 5.41) is 2.86. The van der Waals surface area contributed by atoms with Gasteiger partial charge in [0.2, 0.25) is 11.8 Å². The minimum atomic E-state index is -0.0358. The molecule has 7 nitrogen and oxygen atoms in total. The number of nitrogens with zero attached hydrogens (tertiary/aromatic N) is 5. The third-order valence-electron chi connectivity index (χ3n) is 5.65. The van der Waals surface area contributed by atoms with Crippen LogP contribution in [0.1, 0.15) is 39.8 Å². The lowest BCUT2D eigenvalue weighted by molar-refractivity contribution is -0.129. The van der Waals surface area contributed by atoms with Crippen LogP contribution in [0, 0.1) is 13.8 Å². The smallest absolute Gasteiger partial charge is 0.228 e. The predicted molar refractivity (Wildman–Crippen MR) is 125 cm³/mol. The van der Waals surface area contributed by atoms with Crippen LogP contribution in [0.2, 0.25) is 0 Å². The second-order valence-corrected chi connectivity index (χ2v) is 9.16. The molecular weight excluding hydrogens is 422 g/mol. The summed E-state index contributed by atoms with van der Waals surface area (Å²) in [6, 6.07) is 10.1. The number of amides is 2. The van der Waals surface area contributed by atoms with Crippen LogP contribution in [0.3, 0.4) is 0 Å². The maximum Gasteiger partial charge on any atom is 0.228 e. The number of likely N-dealkylation sites (N-methyl/N-ethyl adjacent to an activating group) is 1. The number of benzene rings is 1. The fraction of sp³-hybridized carbons (Fsp3) is 0.375. The molecule has 32 heavy (non-hydrogen) atoms. The lowest BCUT2D eigenvalue weighted by Crippen LogP contribution is -2.38. The Labute approximate surface area is 192 Å². The van der Waals surface area contributed by atoms with Crippen LogP contribution in [0.25, 0.3) is 0 Å². The molecule has 0 bridgehead atoms. The molecule has 3 heterocycles. The largest absolute Gasteiger partial charge is 0.338 e. The van der Waals surface area contributed by atoms with Crippen LogP contribution in [0.5, 0.6) is 0 Å². The SMILES string of the molecule is Cc1nc(CC(=O)N(C)Cc2nc(C)c3c(n2)N(CCc2ccccc2)C(=O)CC3)cs1. The van der Waals surface area contributed by atoms with Crippen molar-refractivity contribution >= 4 is 29.0 Å². The fourth-order valence-electron chi connectivity index (χ4n) is 3.91. The van der Waals surface area contributed by atoms with E-state index in [4.69, 9.17) is 4.98 Å². The van der Waals surface area contributed by atoms with Gasteiger partial charge in [0, 0.05) is 36.7 Å². The van der Waals surface area contributed by atoms with Crippen molar-refractivity contribution in [3.8, 4) is 0 Å². The zero-order chi connectivity index (χ0) is 22.7. The highest BCUT2D eigenvalue weighted by Gasteiger charge is 2.28. The number of hydrogen-bond donors (Lipinski definition) is 0. The van der Waals surface area contributed by atoms with Crippen molar-refractivity contribution < 1.29 is 9.59 Å². The first kappa shape index (κ1) is 22.1. The molecule has 0 N–H and O–H groups in total. The van der Waals surface area contributed by atoms with Gasteiger partial charge >= 0.3 is 0 Å². The number of thiazole rings is 1. The zero-order valence-corrected chi connectivity index (χ0v) is 19.5. The summed E-state index contributed by atoms with van der Waals surface area (Å²) in [4.78, 5) is 42.5. The highest BCUT2D eigenvalue weighted by Crippen LogP contribution is 2.28. The van der Waals surface area contributed by atoms with Crippen molar-refractivity contribution in [2.24, 2.45) is 0 Å². The van der Waals surface area contributed by atoms with E-state index in [9.17, 15) is 9.59 Å². The minimum absolute atomic E-state index is 0.0358. The molecule has 1 aliphatic heterocycles. The Kier molecular flexibility index (Phi) is 6.60. The molecule has 0 saturated carbocycles. The Morgan fingerprint density at radius 3 is 2.62 bits per heavy atom. The van der Waals surface area contributed by atoms with Crippen molar-refractivity contribution in [3.63, 3.8) is 0 Å². The summed E-state index contributed by atoms with van der Waals surface area (Å²) in [5.41, 5.74) is 3.86. The number of aryl methyl sites for hydroxylation is 2. The van der Waals surface area contributed by atoms with E-state index in [0.29, 0.717) is 31.0 Å². The van der Waals surface area contributed by atoms with E-state index in [0.717, 1.165) is 28.4 Å². The van der Waals surface area contributed by atoms with E-state index in [1.54, 1.807) is 16.8 Å². The molecule has 166 valence electrons. The van der Waals surface area contributed by atoms with Crippen molar-refractivity contribution in [2.45, 2.75) is 46.1 Å². The number of rotatable bonds is 7. The van der Waals surface area contributed by atoms with Crippen molar-refractivity contribution in [3.05, 3.63) is 69.1 Å². The van der Waals surface area contributed by atoms with Crippen molar-refractivity contribution in [1.29, 1.82) is 0 Å². The van der Waals surface area contributed by atoms with Gasteiger partial charge < -0.3 is 4.90 Å². The Morgan fingerprint density at radius 1 is 1.12 bits per heavy atom. The van der Waals surface area contributed by atoms with Crippen LogP contribution < -0.4 is 4.90 Å². The number of fused-ring (bicyclic) bond motifs is 1. The molecule has 0 saturated heterocycles. The number of aromatic nitrogens is 3. The predicted octanol–water partition coefficient (Wildman–Crippen LogP) is 3.27. The first-order chi connectivity index (χ1) is 15.4. The molecule has 0 spiro atoms. The van der Waals surface area contributed by atoms with Crippen LogP contribution in [0.4, 0.5) is 5.82 Å².